The van der Waals surface area contributed by atoms with Crippen LogP contribution in [-0.4, -0.2) is 7.05 Å². The number of nitrogens with one attached hydrogen (secondary N) is 1. The van der Waals surface area contributed by atoms with E-state index in [-0.39, 0.29) is 11.9 Å². The largest absolute Gasteiger partial charge is 0.313 e. The smallest absolute Gasteiger partial charge is 0.124 e. The molecule has 0 aliphatic rings. The van der Waals surface area contributed by atoms with Crippen LogP contribution < -0.4 is 5.32 Å². The molecule has 0 saturated carbocycles. The highest BCUT2D eigenvalue weighted by Gasteiger charge is 2.15. The molecule has 4 heteroatoms. The Bertz CT molecular complexity index is 615. The van der Waals surface area contributed by atoms with Crippen LogP contribution in [0.1, 0.15) is 22.7 Å². The van der Waals surface area contributed by atoms with E-state index in [0.717, 1.165) is 10.0 Å². The minimum absolute atomic E-state index is 0.118. The average Bonchev–Trinajstić information content (AvgIpc) is 2.39. The molecule has 0 aromatic heterocycles. The topological polar surface area (TPSA) is 12.0 Å². The third kappa shape index (κ3) is 3.60. The zero-order valence-electron chi connectivity index (χ0n) is 11.4. The summed E-state index contributed by atoms with van der Waals surface area (Å²) in [5.41, 5.74) is 3.30. The fraction of sp³-hybridized carbons (Fsp3) is 0.250. The maximum Gasteiger partial charge on any atom is 0.124 e. The van der Waals surface area contributed by atoms with Crippen LogP contribution >= 0.6 is 27.5 Å². The number of aryl methyl sites for hydroxylation is 1. The van der Waals surface area contributed by atoms with E-state index in [1.54, 1.807) is 6.07 Å². The third-order valence-electron chi connectivity index (χ3n) is 3.32. The van der Waals surface area contributed by atoms with Gasteiger partial charge in [-0.3, -0.25) is 0 Å². The van der Waals surface area contributed by atoms with Crippen LogP contribution in [0.5, 0.6) is 0 Å². The zero-order valence-corrected chi connectivity index (χ0v) is 13.7. The Balaban J connectivity index is 2.28. The van der Waals surface area contributed by atoms with E-state index < -0.39 is 0 Å². The molecule has 2 aromatic carbocycles. The SMILES string of the molecule is CNC(Cc1ccc(F)cc1Cl)c1ccc(C)cc1Br. The molecule has 0 heterocycles. The fourth-order valence-electron chi connectivity index (χ4n) is 2.19. The van der Waals surface area contributed by atoms with Crippen molar-refractivity contribution in [3.05, 3.63) is 68.4 Å². The van der Waals surface area contributed by atoms with E-state index >= 15 is 0 Å². The fourth-order valence-corrected chi connectivity index (χ4v) is 3.20. The number of likely N-dealkylation sites (N-methyl/N-ethyl adjacent to an activating group) is 1. The van der Waals surface area contributed by atoms with Crippen molar-refractivity contribution in [2.75, 3.05) is 7.05 Å². The molecule has 0 amide bonds. The summed E-state index contributed by atoms with van der Waals surface area (Å²) in [5.74, 6) is -0.309. The van der Waals surface area contributed by atoms with Crippen molar-refractivity contribution >= 4 is 27.5 Å². The summed E-state index contributed by atoms with van der Waals surface area (Å²) < 4.78 is 14.2. The van der Waals surface area contributed by atoms with E-state index in [0.29, 0.717) is 11.4 Å². The van der Waals surface area contributed by atoms with E-state index in [1.165, 1.54) is 23.3 Å². The van der Waals surface area contributed by atoms with Crippen molar-refractivity contribution in [2.24, 2.45) is 0 Å². The summed E-state index contributed by atoms with van der Waals surface area (Å²) in [6.45, 7) is 2.06. The molecule has 106 valence electrons. The monoisotopic (exact) mass is 355 g/mol. The summed E-state index contributed by atoms with van der Waals surface area (Å²) in [4.78, 5) is 0. The van der Waals surface area contributed by atoms with Gasteiger partial charge in [-0.05, 0) is 55.3 Å². The highest BCUT2D eigenvalue weighted by molar-refractivity contribution is 9.10. The lowest BCUT2D eigenvalue weighted by Gasteiger charge is -2.19. The van der Waals surface area contributed by atoms with Gasteiger partial charge in [0.15, 0.2) is 0 Å². The predicted molar refractivity (Wildman–Crippen MR) is 85.8 cm³/mol. The molecule has 0 radical (unpaired) electrons. The van der Waals surface area contributed by atoms with Crippen molar-refractivity contribution in [2.45, 2.75) is 19.4 Å². The normalized spacial score (nSPS) is 12.4. The van der Waals surface area contributed by atoms with E-state index in [1.807, 2.05) is 7.05 Å². The first-order valence-corrected chi connectivity index (χ1v) is 7.55. The summed E-state index contributed by atoms with van der Waals surface area (Å²) in [7, 11) is 1.91. The van der Waals surface area contributed by atoms with Gasteiger partial charge in [0.25, 0.3) is 0 Å². The molecule has 1 nitrogen and oxygen atoms in total. The minimum atomic E-state index is -0.309. The van der Waals surface area contributed by atoms with Gasteiger partial charge >= 0.3 is 0 Å². The molecule has 0 spiro atoms. The second-order valence-electron chi connectivity index (χ2n) is 4.81. The van der Waals surface area contributed by atoms with Crippen LogP contribution in [0.2, 0.25) is 5.02 Å². The Hall–Kier alpha value is -0.900. The van der Waals surface area contributed by atoms with Gasteiger partial charge in [0, 0.05) is 15.5 Å². The second kappa shape index (κ2) is 6.70. The molecule has 1 atom stereocenters. The minimum Gasteiger partial charge on any atom is -0.313 e. The number of hydrogen-bond acceptors (Lipinski definition) is 1. The quantitative estimate of drug-likeness (QED) is 0.808. The predicted octanol–water partition coefficient (Wildman–Crippen LogP) is 5.05. The molecular formula is C16H16BrClFN. The standard InChI is InChI=1S/C16H16BrClFN/c1-10-3-6-13(14(17)7-10)16(20-2)8-11-4-5-12(19)9-15(11)18/h3-7,9,16,20H,8H2,1-2H3. The van der Waals surface area contributed by atoms with Crippen LogP contribution in [0.15, 0.2) is 40.9 Å². The van der Waals surface area contributed by atoms with Gasteiger partial charge in [-0.1, -0.05) is 45.7 Å². The molecule has 0 aliphatic carbocycles. The second-order valence-corrected chi connectivity index (χ2v) is 6.07. The van der Waals surface area contributed by atoms with Gasteiger partial charge in [0.05, 0.1) is 0 Å². The van der Waals surface area contributed by atoms with Gasteiger partial charge in [-0.2, -0.15) is 0 Å². The highest BCUT2D eigenvalue weighted by Crippen LogP contribution is 2.29. The van der Waals surface area contributed by atoms with Gasteiger partial charge in [0.2, 0.25) is 0 Å². The van der Waals surface area contributed by atoms with Gasteiger partial charge in [0.1, 0.15) is 5.82 Å². The van der Waals surface area contributed by atoms with Gasteiger partial charge in [-0.25, -0.2) is 4.39 Å². The zero-order chi connectivity index (χ0) is 14.7. The average molecular weight is 357 g/mol. The molecule has 1 unspecified atom stereocenters. The maximum absolute atomic E-state index is 13.1. The summed E-state index contributed by atoms with van der Waals surface area (Å²) in [5, 5.41) is 3.75. The molecule has 0 bridgehead atoms. The van der Waals surface area contributed by atoms with Crippen molar-refractivity contribution in [1.29, 1.82) is 0 Å². The van der Waals surface area contributed by atoms with Crippen molar-refractivity contribution < 1.29 is 4.39 Å². The molecule has 1 N–H and O–H groups in total. The first-order chi connectivity index (χ1) is 9.51. The van der Waals surface area contributed by atoms with E-state index in [2.05, 4.69) is 46.4 Å². The molecule has 2 rings (SSSR count). The van der Waals surface area contributed by atoms with E-state index in [4.69, 9.17) is 11.6 Å². The third-order valence-corrected chi connectivity index (χ3v) is 4.36. The number of halogens is 3. The van der Waals surface area contributed by atoms with Crippen LogP contribution in [-0.2, 0) is 6.42 Å². The lowest BCUT2D eigenvalue weighted by atomic mass is 9.98. The molecule has 20 heavy (non-hydrogen) atoms. The number of rotatable bonds is 4. The Morgan fingerprint density at radius 2 is 2.00 bits per heavy atom. The van der Waals surface area contributed by atoms with Crippen molar-refractivity contribution in [1.82, 2.24) is 5.32 Å². The Morgan fingerprint density at radius 3 is 2.60 bits per heavy atom. The van der Waals surface area contributed by atoms with Crippen molar-refractivity contribution in [3.63, 3.8) is 0 Å². The summed E-state index contributed by atoms with van der Waals surface area (Å²) in [6, 6.07) is 10.9. The molecule has 0 saturated heterocycles. The van der Waals surface area contributed by atoms with E-state index in [9.17, 15) is 4.39 Å². The molecule has 0 aliphatic heterocycles. The first kappa shape index (κ1) is 15.5. The maximum atomic E-state index is 13.1. The summed E-state index contributed by atoms with van der Waals surface area (Å²) >= 11 is 9.70. The van der Waals surface area contributed by atoms with Crippen LogP contribution in [0.25, 0.3) is 0 Å². The van der Waals surface area contributed by atoms with Crippen molar-refractivity contribution in [3.8, 4) is 0 Å². The van der Waals surface area contributed by atoms with Crippen LogP contribution in [0.4, 0.5) is 4.39 Å². The van der Waals surface area contributed by atoms with Gasteiger partial charge < -0.3 is 5.32 Å². The Kier molecular flexibility index (Phi) is 5.19. The first-order valence-electron chi connectivity index (χ1n) is 6.38. The van der Waals surface area contributed by atoms with Crippen LogP contribution in [0.3, 0.4) is 0 Å². The molecular weight excluding hydrogens is 341 g/mol. The Morgan fingerprint density at radius 1 is 1.25 bits per heavy atom. The van der Waals surface area contributed by atoms with Crippen LogP contribution in [0, 0.1) is 12.7 Å². The molecule has 0 fully saturated rings. The summed E-state index contributed by atoms with van der Waals surface area (Å²) in [6.07, 6.45) is 0.706. The number of benzene rings is 2. The molecule has 2 aromatic rings. The van der Waals surface area contributed by atoms with Gasteiger partial charge in [-0.15, -0.1) is 0 Å². The highest BCUT2D eigenvalue weighted by atomic mass is 79.9. The Labute approximate surface area is 132 Å². The lowest BCUT2D eigenvalue weighted by molar-refractivity contribution is 0.587. The number of hydrogen-bond donors (Lipinski definition) is 1. The lowest BCUT2D eigenvalue weighted by Crippen LogP contribution is -2.19.